The lowest BCUT2D eigenvalue weighted by Crippen LogP contribution is -2.40. The predicted molar refractivity (Wildman–Crippen MR) is 115 cm³/mol. The Hall–Kier alpha value is -3.18. The number of nitrogens with zero attached hydrogens (tertiary/aromatic N) is 2. The number of hydrogen-bond acceptors (Lipinski definition) is 4. The summed E-state index contributed by atoms with van der Waals surface area (Å²) in [6.07, 6.45) is 2.88. The summed E-state index contributed by atoms with van der Waals surface area (Å²) in [7, 11) is 0. The molecule has 0 radical (unpaired) electrons. The molecule has 0 amide bonds. The summed E-state index contributed by atoms with van der Waals surface area (Å²) in [6, 6.07) is 20.9. The van der Waals surface area contributed by atoms with Crippen LogP contribution in [-0.4, -0.2) is 28.8 Å². The fraction of sp³-hybridized carbons (Fsp3) is 0.250. The molecule has 1 aliphatic heterocycles. The van der Waals surface area contributed by atoms with Crippen molar-refractivity contribution in [3.63, 3.8) is 0 Å². The van der Waals surface area contributed by atoms with Gasteiger partial charge in [0, 0.05) is 34.9 Å². The van der Waals surface area contributed by atoms with Crippen molar-refractivity contribution in [3.8, 4) is 0 Å². The van der Waals surface area contributed by atoms with E-state index >= 15 is 0 Å². The molecule has 29 heavy (non-hydrogen) atoms. The molecule has 2 aliphatic rings. The Morgan fingerprint density at radius 1 is 0.966 bits per heavy atom. The highest BCUT2D eigenvalue weighted by molar-refractivity contribution is 5.93. The SMILES string of the molecule is O=c1c2c(NC3COC3)cccc2ccn1[C@@H]1C[C@@H]1c1ccc2ccccc2n1. The molecule has 1 saturated heterocycles. The lowest BCUT2D eigenvalue weighted by molar-refractivity contribution is 0.0211. The first kappa shape index (κ1) is 16.7. The highest BCUT2D eigenvalue weighted by Gasteiger charge is 2.41. The van der Waals surface area contributed by atoms with Crippen LogP contribution >= 0.6 is 0 Å². The first-order chi connectivity index (χ1) is 14.3. The Kier molecular flexibility index (Phi) is 3.71. The van der Waals surface area contributed by atoms with Gasteiger partial charge in [0.15, 0.2) is 0 Å². The van der Waals surface area contributed by atoms with Crippen molar-refractivity contribution in [1.82, 2.24) is 9.55 Å². The number of pyridine rings is 2. The van der Waals surface area contributed by atoms with Gasteiger partial charge in [0.05, 0.1) is 30.2 Å². The van der Waals surface area contributed by atoms with Gasteiger partial charge in [-0.05, 0) is 36.1 Å². The van der Waals surface area contributed by atoms with E-state index in [1.807, 2.05) is 53.2 Å². The van der Waals surface area contributed by atoms with Gasteiger partial charge in [0.25, 0.3) is 5.56 Å². The van der Waals surface area contributed by atoms with Gasteiger partial charge in [-0.15, -0.1) is 0 Å². The summed E-state index contributed by atoms with van der Waals surface area (Å²) in [5.74, 6) is 0.287. The molecule has 5 heteroatoms. The molecule has 2 aromatic carbocycles. The van der Waals surface area contributed by atoms with Crippen LogP contribution in [0.4, 0.5) is 5.69 Å². The molecular formula is C24H21N3O2. The number of benzene rings is 2. The minimum atomic E-state index is 0.0686. The van der Waals surface area contributed by atoms with Crippen LogP contribution in [-0.2, 0) is 4.74 Å². The third kappa shape index (κ3) is 2.81. The Morgan fingerprint density at radius 3 is 2.69 bits per heavy atom. The van der Waals surface area contributed by atoms with E-state index in [9.17, 15) is 4.79 Å². The van der Waals surface area contributed by atoms with Gasteiger partial charge >= 0.3 is 0 Å². The van der Waals surface area contributed by atoms with E-state index in [0.29, 0.717) is 13.2 Å². The van der Waals surface area contributed by atoms with Gasteiger partial charge in [-0.2, -0.15) is 0 Å². The lowest BCUT2D eigenvalue weighted by atomic mass is 10.1. The fourth-order valence-electron chi connectivity index (χ4n) is 4.32. The van der Waals surface area contributed by atoms with Gasteiger partial charge in [0.1, 0.15) is 0 Å². The average Bonchev–Trinajstić information content (AvgIpc) is 3.51. The Bertz CT molecular complexity index is 1290. The van der Waals surface area contributed by atoms with Gasteiger partial charge in [0.2, 0.25) is 0 Å². The van der Waals surface area contributed by atoms with Crippen LogP contribution in [0.15, 0.2) is 71.7 Å². The van der Waals surface area contributed by atoms with Crippen molar-refractivity contribution in [2.24, 2.45) is 0 Å². The second-order valence-corrected chi connectivity index (χ2v) is 8.02. The van der Waals surface area contributed by atoms with Gasteiger partial charge < -0.3 is 14.6 Å². The zero-order valence-corrected chi connectivity index (χ0v) is 15.9. The first-order valence-corrected chi connectivity index (χ1v) is 10.1. The van der Waals surface area contributed by atoms with E-state index in [-0.39, 0.29) is 23.6 Å². The zero-order chi connectivity index (χ0) is 19.4. The van der Waals surface area contributed by atoms with Crippen molar-refractivity contribution in [3.05, 3.63) is 82.9 Å². The van der Waals surface area contributed by atoms with Gasteiger partial charge in [-0.3, -0.25) is 9.78 Å². The van der Waals surface area contributed by atoms with E-state index in [1.54, 1.807) is 0 Å². The largest absolute Gasteiger partial charge is 0.377 e. The summed E-state index contributed by atoms with van der Waals surface area (Å²) >= 11 is 0. The van der Waals surface area contributed by atoms with Crippen molar-refractivity contribution < 1.29 is 4.74 Å². The molecule has 6 rings (SSSR count). The average molecular weight is 383 g/mol. The number of hydrogen-bond donors (Lipinski definition) is 1. The first-order valence-electron chi connectivity index (χ1n) is 10.1. The molecule has 0 unspecified atom stereocenters. The Labute approximate surface area is 168 Å². The van der Waals surface area contributed by atoms with Gasteiger partial charge in [-0.25, -0.2) is 0 Å². The number of anilines is 1. The highest BCUT2D eigenvalue weighted by atomic mass is 16.5. The number of rotatable bonds is 4. The minimum absolute atomic E-state index is 0.0686. The maximum atomic E-state index is 13.4. The molecule has 0 bridgehead atoms. The standard InChI is InChI=1S/C24H21N3O2/c28-24-23-16(5-3-7-21(23)25-17-13-29-14-17)10-11-27(24)22-12-18(22)20-9-8-15-4-1-2-6-19(15)26-20/h1-11,17-18,22,25H,12-14H2/t18-,22-/m1/s1. The van der Waals surface area contributed by atoms with Crippen LogP contribution in [0.1, 0.15) is 24.1 Å². The van der Waals surface area contributed by atoms with E-state index in [1.165, 1.54) is 0 Å². The molecule has 1 N–H and O–H groups in total. The third-order valence-corrected chi connectivity index (χ3v) is 6.07. The van der Waals surface area contributed by atoms with E-state index in [4.69, 9.17) is 9.72 Å². The van der Waals surface area contributed by atoms with Crippen molar-refractivity contribution in [2.45, 2.75) is 24.4 Å². The molecule has 144 valence electrons. The summed E-state index contributed by atoms with van der Waals surface area (Å²) in [4.78, 5) is 18.2. The van der Waals surface area contributed by atoms with Gasteiger partial charge in [-0.1, -0.05) is 36.4 Å². The van der Waals surface area contributed by atoms with Crippen molar-refractivity contribution in [1.29, 1.82) is 0 Å². The van der Waals surface area contributed by atoms with E-state index < -0.39 is 0 Å². The smallest absolute Gasteiger partial charge is 0.260 e. The fourth-order valence-corrected chi connectivity index (χ4v) is 4.32. The topological polar surface area (TPSA) is 56.1 Å². The minimum Gasteiger partial charge on any atom is -0.377 e. The van der Waals surface area contributed by atoms with Crippen LogP contribution < -0.4 is 10.9 Å². The van der Waals surface area contributed by atoms with E-state index in [2.05, 4.69) is 23.5 Å². The molecule has 3 heterocycles. The molecule has 0 spiro atoms. The molecule has 1 saturated carbocycles. The summed E-state index contributed by atoms with van der Waals surface area (Å²) in [5, 5.41) is 6.34. The molecule has 2 aromatic heterocycles. The predicted octanol–water partition coefficient (Wildman–Crippen LogP) is 4.09. The number of fused-ring (bicyclic) bond motifs is 2. The van der Waals surface area contributed by atoms with Crippen LogP contribution in [0, 0.1) is 0 Å². The quantitative estimate of drug-likeness (QED) is 0.577. The molecule has 2 fully saturated rings. The maximum absolute atomic E-state index is 13.4. The lowest BCUT2D eigenvalue weighted by Gasteiger charge is -2.28. The monoisotopic (exact) mass is 383 g/mol. The zero-order valence-electron chi connectivity index (χ0n) is 15.9. The second kappa shape index (κ2) is 6.42. The molecule has 4 aromatic rings. The number of aromatic nitrogens is 2. The second-order valence-electron chi connectivity index (χ2n) is 8.02. The maximum Gasteiger partial charge on any atom is 0.260 e. The van der Waals surface area contributed by atoms with Crippen LogP contribution in [0.3, 0.4) is 0 Å². The van der Waals surface area contributed by atoms with Crippen molar-refractivity contribution >= 4 is 27.4 Å². The number of nitrogens with one attached hydrogen (secondary N) is 1. The summed E-state index contributed by atoms with van der Waals surface area (Å²) in [5.41, 5.74) is 3.05. The Balaban J connectivity index is 1.36. The van der Waals surface area contributed by atoms with Crippen molar-refractivity contribution in [2.75, 3.05) is 18.5 Å². The normalized spacial score (nSPS) is 21.2. The number of para-hydroxylation sites is 1. The summed E-state index contributed by atoms with van der Waals surface area (Å²) in [6.45, 7) is 1.38. The van der Waals surface area contributed by atoms with Crippen LogP contribution in [0.2, 0.25) is 0 Å². The summed E-state index contributed by atoms with van der Waals surface area (Å²) < 4.78 is 7.16. The molecule has 1 aliphatic carbocycles. The molecule has 2 atom stereocenters. The highest BCUT2D eigenvalue weighted by Crippen LogP contribution is 2.50. The van der Waals surface area contributed by atoms with Crippen LogP contribution in [0.5, 0.6) is 0 Å². The molecular weight excluding hydrogens is 362 g/mol. The third-order valence-electron chi connectivity index (χ3n) is 6.07. The number of ether oxygens (including phenoxy) is 1. The Morgan fingerprint density at radius 2 is 1.83 bits per heavy atom. The molecule has 5 nitrogen and oxygen atoms in total. The van der Waals surface area contributed by atoms with E-state index in [0.717, 1.165) is 39.5 Å². The van der Waals surface area contributed by atoms with Crippen LogP contribution in [0.25, 0.3) is 21.7 Å².